The molecule has 0 aliphatic carbocycles. The number of aromatic nitrogens is 1. The van der Waals surface area contributed by atoms with Gasteiger partial charge in [-0.25, -0.2) is 0 Å². The molecule has 3 rings (SSSR count). The van der Waals surface area contributed by atoms with Crippen molar-refractivity contribution in [3.05, 3.63) is 83.2 Å². The number of carbonyl (C=O) groups excluding carboxylic acids is 1. The first-order valence-electron chi connectivity index (χ1n) is 8.31. The van der Waals surface area contributed by atoms with Crippen LogP contribution in [0.25, 0.3) is 0 Å². The summed E-state index contributed by atoms with van der Waals surface area (Å²) < 4.78 is 10.3. The van der Waals surface area contributed by atoms with Gasteiger partial charge in [0, 0.05) is 11.6 Å². The van der Waals surface area contributed by atoms with E-state index in [0.717, 1.165) is 5.56 Å². The largest absolute Gasteiger partial charge is 0.497 e. The molecule has 2 aromatic carbocycles. The molecule has 1 aromatic heterocycles. The Hall–Kier alpha value is -3.61. The highest BCUT2D eigenvalue weighted by atomic mass is 16.6. The van der Waals surface area contributed by atoms with E-state index in [1.54, 1.807) is 43.7 Å². The lowest BCUT2D eigenvalue weighted by Gasteiger charge is -2.04. The minimum Gasteiger partial charge on any atom is -0.497 e. The van der Waals surface area contributed by atoms with Crippen molar-refractivity contribution in [1.82, 2.24) is 10.5 Å². The van der Waals surface area contributed by atoms with E-state index in [2.05, 4.69) is 15.6 Å². The molecule has 0 saturated carbocycles. The van der Waals surface area contributed by atoms with Crippen molar-refractivity contribution in [2.75, 3.05) is 7.11 Å². The summed E-state index contributed by atoms with van der Waals surface area (Å²) in [5, 5.41) is 10.6. The van der Waals surface area contributed by atoms with Crippen LogP contribution in [0.1, 0.15) is 27.4 Å². The molecule has 0 bridgehead atoms. The van der Waals surface area contributed by atoms with Crippen LogP contribution in [-0.2, 0) is 18.0 Å². The predicted molar refractivity (Wildman–Crippen MR) is 99.5 cm³/mol. The number of nitrogens with zero attached hydrogens (tertiary/aromatic N) is 2. The quantitative estimate of drug-likeness (QED) is 0.489. The van der Waals surface area contributed by atoms with Crippen LogP contribution < -0.4 is 10.1 Å². The molecular formula is C20H19N3O4. The number of hydrogen-bond donors (Lipinski definition) is 1. The summed E-state index contributed by atoms with van der Waals surface area (Å²) >= 11 is 0. The third-order valence-electron chi connectivity index (χ3n) is 3.67. The molecule has 138 valence electrons. The number of amides is 1. The van der Waals surface area contributed by atoms with Crippen molar-refractivity contribution in [2.45, 2.75) is 13.2 Å². The number of rotatable bonds is 8. The second-order valence-electron chi connectivity index (χ2n) is 5.61. The Labute approximate surface area is 156 Å². The van der Waals surface area contributed by atoms with Gasteiger partial charge in [-0.2, -0.15) is 0 Å². The third kappa shape index (κ3) is 5.43. The fraction of sp³-hybridized carbons (Fsp3) is 0.150. The monoisotopic (exact) mass is 365 g/mol. The standard InChI is InChI=1S/C20H19N3O4/c1-25-18-9-7-16(8-10-18)20(24)21-13-19-11-17(23-27-19)14-26-22-12-15-5-3-2-4-6-15/h2-12H,13-14H2,1H3,(H,21,24)/b22-12+. The Kier molecular flexibility index (Phi) is 6.19. The molecule has 7 heteroatoms. The van der Waals surface area contributed by atoms with Crippen LogP contribution in [0.4, 0.5) is 0 Å². The van der Waals surface area contributed by atoms with Gasteiger partial charge in [0.25, 0.3) is 5.91 Å². The maximum absolute atomic E-state index is 12.1. The van der Waals surface area contributed by atoms with E-state index in [0.29, 0.717) is 22.8 Å². The van der Waals surface area contributed by atoms with Gasteiger partial charge in [-0.15, -0.1) is 0 Å². The van der Waals surface area contributed by atoms with Crippen LogP contribution in [0, 0.1) is 0 Å². The predicted octanol–water partition coefficient (Wildman–Crippen LogP) is 3.16. The molecule has 1 heterocycles. The molecule has 27 heavy (non-hydrogen) atoms. The molecule has 0 spiro atoms. The van der Waals surface area contributed by atoms with E-state index < -0.39 is 0 Å². The lowest BCUT2D eigenvalue weighted by Crippen LogP contribution is -2.22. The van der Waals surface area contributed by atoms with Gasteiger partial charge in [0.05, 0.1) is 19.9 Å². The summed E-state index contributed by atoms with van der Waals surface area (Å²) in [5.74, 6) is 1.02. The normalized spacial score (nSPS) is 10.7. The van der Waals surface area contributed by atoms with Crippen LogP contribution >= 0.6 is 0 Å². The summed E-state index contributed by atoms with van der Waals surface area (Å²) in [6, 6.07) is 18.2. The highest BCUT2D eigenvalue weighted by molar-refractivity contribution is 5.94. The van der Waals surface area contributed by atoms with Crippen molar-refractivity contribution in [3.8, 4) is 5.75 Å². The average molecular weight is 365 g/mol. The lowest BCUT2D eigenvalue weighted by atomic mass is 10.2. The van der Waals surface area contributed by atoms with E-state index in [1.165, 1.54) is 0 Å². The van der Waals surface area contributed by atoms with E-state index >= 15 is 0 Å². The summed E-state index contributed by atoms with van der Waals surface area (Å²) in [5.41, 5.74) is 2.07. The Balaban J connectivity index is 1.44. The molecule has 0 aliphatic heterocycles. The first-order valence-corrected chi connectivity index (χ1v) is 8.31. The second-order valence-corrected chi connectivity index (χ2v) is 5.61. The van der Waals surface area contributed by atoms with Crippen LogP contribution in [0.2, 0.25) is 0 Å². The first-order chi connectivity index (χ1) is 13.2. The first kappa shape index (κ1) is 18.2. The number of ether oxygens (including phenoxy) is 1. The molecule has 0 atom stereocenters. The molecule has 1 N–H and O–H groups in total. The fourth-order valence-electron chi connectivity index (χ4n) is 2.26. The number of hydrogen-bond acceptors (Lipinski definition) is 6. The summed E-state index contributed by atoms with van der Waals surface area (Å²) in [6.45, 7) is 0.407. The molecule has 7 nitrogen and oxygen atoms in total. The SMILES string of the molecule is COc1ccc(C(=O)NCc2cc(CO/N=C/c3ccccc3)no2)cc1. The number of benzene rings is 2. The molecule has 3 aromatic rings. The van der Waals surface area contributed by atoms with Gasteiger partial charge in [-0.05, 0) is 29.8 Å². The van der Waals surface area contributed by atoms with Crippen molar-refractivity contribution >= 4 is 12.1 Å². The number of oxime groups is 1. The maximum atomic E-state index is 12.1. The van der Waals surface area contributed by atoms with Crippen LogP contribution in [0.15, 0.2) is 70.3 Å². The molecular weight excluding hydrogens is 346 g/mol. The van der Waals surface area contributed by atoms with Crippen LogP contribution in [0.3, 0.4) is 0 Å². The Morgan fingerprint density at radius 1 is 1.19 bits per heavy atom. The van der Waals surface area contributed by atoms with Gasteiger partial charge in [-0.1, -0.05) is 40.6 Å². The minimum absolute atomic E-state index is 0.180. The summed E-state index contributed by atoms with van der Waals surface area (Å²) in [6.07, 6.45) is 1.62. The molecule has 0 saturated heterocycles. The van der Waals surface area contributed by atoms with Gasteiger partial charge in [-0.3, -0.25) is 4.79 Å². The van der Waals surface area contributed by atoms with E-state index in [9.17, 15) is 4.79 Å². The molecule has 0 aliphatic rings. The van der Waals surface area contributed by atoms with Crippen molar-refractivity contribution in [1.29, 1.82) is 0 Å². The van der Waals surface area contributed by atoms with Crippen molar-refractivity contribution in [3.63, 3.8) is 0 Å². The third-order valence-corrected chi connectivity index (χ3v) is 3.67. The zero-order valence-electron chi connectivity index (χ0n) is 14.8. The lowest BCUT2D eigenvalue weighted by molar-refractivity contribution is 0.0947. The summed E-state index contributed by atoms with van der Waals surface area (Å²) in [4.78, 5) is 17.3. The maximum Gasteiger partial charge on any atom is 0.251 e. The number of carbonyl (C=O) groups is 1. The van der Waals surface area contributed by atoms with Crippen molar-refractivity contribution in [2.24, 2.45) is 5.16 Å². The van der Waals surface area contributed by atoms with Gasteiger partial charge in [0.1, 0.15) is 11.4 Å². The van der Waals surface area contributed by atoms with E-state index in [1.807, 2.05) is 30.3 Å². The number of methoxy groups -OCH3 is 1. The highest BCUT2D eigenvalue weighted by Gasteiger charge is 2.09. The molecule has 0 unspecified atom stereocenters. The molecule has 1 amide bonds. The van der Waals surface area contributed by atoms with Gasteiger partial charge in [0.15, 0.2) is 12.4 Å². The van der Waals surface area contributed by atoms with Gasteiger partial charge in [0.2, 0.25) is 0 Å². The Bertz CT molecular complexity index is 889. The zero-order valence-corrected chi connectivity index (χ0v) is 14.8. The van der Waals surface area contributed by atoms with Gasteiger partial charge < -0.3 is 19.4 Å². The topological polar surface area (TPSA) is 86.0 Å². The van der Waals surface area contributed by atoms with E-state index in [4.69, 9.17) is 14.1 Å². The zero-order chi connectivity index (χ0) is 18.9. The van der Waals surface area contributed by atoms with Gasteiger partial charge >= 0.3 is 0 Å². The van der Waals surface area contributed by atoms with E-state index in [-0.39, 0.29) is 19.1 Å². The average Bonchev–Trinajstić information content (AvgIpc) is 3.18. The van der Waals surface area contributed by atoms with Crippen LogP contribution in [0.5, 0.6) is 5.75 Å². The fourth-order valence-corrected chi connectivity index (χ4v) is 2.26. The van der Waals surface area contributed by atoms with Crippen molar-refractivity contribution < 1.29 is 18.9 Å². The highest BCUT2D eigenvalue weighted by Crippen LogP contribution is 2.11. The second kappa shape index (κ2) is 9.19. The molecule has 0 radical (unpaired) electrons. The minimum atomic E-state index is -0.209. The number of nitrogens with one attached hydrogen (secondary N) is 1. The molecule has 0 fully saturated rings. The summed E-state index contributed by atoms with van der Waals surface area (Å²) in [7, 11) is 1.58. The Morgan fingerprint density at radius 2 is 1.96 bits per heavy atom. The van der Waals surface area contributed by atoms with Crippen LogP contribution in [-0.4, -0.2) is 24.4 Å². The smallest absolute Gasteiger partial charge is 0.251 e. The Morgan fingerprint density at radius 3 is 2.70 bits per heavy atom.